The molecule has 0 spiro atoms. The summed E-state index contributed by atoms with van der Waals surface area (Å²) in [6.45, 7) is 1.98. The number of nitrogens with zero attached hydrogens (tertiary/aromatic N) is 2. The molecule has 6 nitrogen and oxygen atoms in total. The lowest BCUT2D eigenvalue weighted by Crippen LogP contribution is -2.30. The molecule has 28 heavy (non-hydrogen) atoms. The first-order chi connectivity index (χ1) is 13.5. The van der Waals surface area contributed by atoms with E-state index in [1.54, 1.807) is 24.3 Å². The first-order valence-corrected chi connectivity index (χ1v) is 9.43. The van der Waals surface area contributed by atoms with E-state index in [1.807, 2.05) is 0 Å². The number of hydrogen-bond acceptors (Lipinski definition) is 6. The number of carbonyl (C=O) groups excluding carboxylic acids is 1. The molecule has 1 saturated heterocycles. The van der Waals surface area contributed by atoms with E-state index >= 15 is 0 Å². The summed E-state index contributed by atoms with van der Waals surface area (Å²) in [6.07, 6.45) is 2.96. The third kappa shape index (κ3) is 3.80. The summed E-state index contributed by atoms with van der Waals surface area (Å²) in [5, 5.41) is 9.28. The van der Waals surface area contributed by atoms with E-state index in [-0.39, 0.29) is 29.1 Å². The van der Waals surface area contributed by atoms with Crippen molar-refractivity contribution in [1.29, 1.82) is 0 Å². The number of ketones is 1. The highest BCUT2D eigenvalue weighted by Crippen LogP contribution is 2.40. The minimum atomic E-state index is -0.462. The van der Waals surface area contributed by atoms with Gasteiger partial charge in [0.05, 0.1) is 26.0 Å². The van der Waals surface area contributed by atoms with Crippen LogP contribution in [0.1, 0.15) is 23.3 Å². The summed E-state index contributed by atoms with van der Waals surface area (Å²) in [5.74, 6) is 0.837. The maximum atomic E-state index is 14.3. The summed E-state index contributed by atoms with van der Waals surface area (Å²) < 4.78 is 25.2. The van der Waals surface area contributed by atoms with Crippen molar-refractivity contribution in [2.75, 3.05) is 26.7 Å². The third-order valence-corrected chi connectivity index (χ3v) is 5.63. The standard InChI is InChI=1S/C21H23FN2O4/c1-27-19-3-2-4-20(21(19)22)28-16-7-13-10-24(11-14(13)8-16)12-18(26)17-6-5-15(25)9-23-17/h2-6,9,13-14,16,25H,7-8,10-12H2,1H3/t13-,14+,16-. The van der Waals surface area contributed by atoms with Gasteiger partial charge in [-0.05, 0) is 48.9 Å². The molecule has 2 aromatic rings. The second kappa shape index (κ2) is 7.75. The van der Waals surface area contributed by atoms with Gasteiger partial charge in [-0.3, -0.25) is 9.69 Å². The summed E-state index contributed by atoms with van der Waals surface area (Å²) in [6, 6.07) is 7.93. The quantitative estimate of drug-likeness (QED) is 0.770. The minimum Gasteiger partial charge on any atom is -0.506 e. The monoisotopic (exact) mass is 386 g/mol. The Kier molecular flexibility index (Phi) is 5.17. The lowest BCUT2D eigenvalue weighted by molar-refractivity contribution is 0.0931. The molecule has 1 aromatic carbocycles. The first kappa shape index (κ1) is 18.7. The lowest BCUT2D eigenvalue weighted by atomic mass is 10.0. The molecular formula is C21H23FN2O4. The Labute approximate surface area is 162 Å². The molecule has 2 heterocycles. The van der Waals surface area contributed by atoms with Crippen molar-refractivity contribution in [2.24, 2.45) is 11.8 Å². The van der Waals surface area contributed by atoms with Gasteiger partial charge in [-0.25, -0.2) is 4.98 Å². The fourth-order valence-electron chi connectivity index (χ4n) is 4.32. The number of aromatic nitrogens is 1. The van der Waals surface area contributed by atoms with Crippen LogP contribution < -0.4 is 9.47 Å². The predicted octanol–water partition coefficient (Wildman–Crippen LogP) is 2.91. The fraction of sp³-hybridized carbons (Fsp3) is 0.429. The van der Waals surface area contributed by atoms with Crippen LogP contribution in [0.4, 0.5) is 4.39 Å². The zero-order valence-electron chi connectivity index (χ0n) is 15.7. The van der Waals surface area contributed by atoms with E-state index in [9.17, 15) is 14.3 Å². The van der Waals surface area contributed by atoms with E-state index in [0.717, 1.165) is 25.9 Å². The number of ether oxygens (including phenoxy) is 2. The lowest BCUT2D eigenvalue weighted by Gasteiger charge is -2.19. The first-order valence-electron chi connectivity index (χ1n) is 9.43. The molecule has 0 radical (unpaired) electrons. The number of benzene rings is 1. The average molecular weight is 386 g/mol. The normalized spacial score (nSPS) is 24.1. The number of Topliss-reactive ketones (excluding diaryl/α,β-unsaturated/α-hetero) is 1. The predicted molar refractivity (Wildman–Crippen MR) is 100 cm³/mol. The van der Waals surface area contributed by atoms with Crippen molar-refractivity contribution in [3.8, 4) is 17.2 Å². The molecule has 1 aliphatic carbocycles. The van der Waals surface area contributed by atoms with Crippen molar-refractivity contribution in [3.63, 3.8) is 0 Å². The highest BCUT2D eigenvalue weighted by atomic mass is 19.1. The van der Waals surface area contributed by atoms with Crippen LogP contribution in [0.15, 0.2) is 36.5 Å². The Morgan fingerprint density at radius 3 is 2.57 bits per heavy atom. The number of pyridine rings is 1. The van der Waals surface area contributed by atoms with Gasteiger partial charge in [-0.15, -0.1) is 0 Å². The summed E-state index contributed by atoms with van der Waals surface area (Å²) >= 11 is 0. The fourth-order valence-corrected chi connectivity index (χ4v) is 4.32. The van der Waals surface area contributed by atoms with Crippen LogP contribution in [-0.2, 0) is 0 Å². The van der Waals surface area contributed by atoms with Crippen LogP contribution in [0.25, 0.3) is 0 Å². The average Bonchev–Trinajstić information content (AvgIpc) is 3.21. The molecule has 7 heteroatoms. The van der Waals surface area contributed by atoms with Crippen LogP contribution in [0.5, 0.6) is 17.2 Å². The molecule has 3 atom stereocenters. The summed E-state index contributed by atoms with van der Waals surface area (Å²) in [5.41, 5.74) is 0.365. The number of aromatic hydroxyl groups is 1. The number of rotatable bonds is 6. The van der Waals surface area contributed by atoms with E-state index in [4.69, 9.17) is 9.47 Å². The van der Waals surface area contributed by atoms with Gasteiger partial charge in [0.25, 0.3) is 0 Å². The van der Waals surface area contributed by atoms with Gasteiger partial charge in [-0.2, -0.15) is 4.39 Å². The van der Waals surface area contributed by atoms with Gasteiger partial charge >= 0.3 is 0 Å². The minimum absolute atomic E-state index is 0.0202. The van der Waals surface area contributed by atoms with Gasteiger partial charge in [0.2, 0.25) is 5.82 Å². The zero-order chi connectivity index (χ0) is 19.7. The highest BCUT2D eigenvalue weighted by Gasteiger charge is 2.42. The Bertz CT molecular complexity index is 844. The van der Waals surface area contributed by atoms with Crippen molar-refractivity contribution in [3.05, 3.63) is 48.0 Å². The molecular weight excluding hydrogens is 363 g/mol. The van der Waals surface area contributed by atoms with Crippen LogP contribution >= 0.6 is 0 Å². The van der Waals surface area contributed by atoms with E-state index < -0.39 is 5.82 Å². The number of hydrogen-bond donors (Lipinski definition) is 1. The van der Waals surface area contributed by atoms with Gasteiger partial charge < -0.3 is 14.6 Å². The second-order valence-corrected chi connectivity index (χ2v) is 7.52. The van der Waals surface area contributed by atoms with Crippen molar-refractivity contribution in [2.45, 2.75) is 18.9 Å². The van der Waals surface area contributed by atoms with E-state index in [0.29, 0.717) is 24.1 Å². The molecule has 2 aliphatic rings. The number of likely N-dealkylation sites (tertiary alicyclic amines) is 1. The van der Waals surface area contributed by atoms with Crippen LogP contribution in [0.2, 0.25) is 0 Å². The molecule has 1 aliphatic heterocycles. The summed E-state index contributed by atoms with van der Waals surface area (Å²) in [7, 11) is 1.44. The SMILES string of the molecule is COc1cccc(O[C@@H]2C[C@@H]3CN(CC(=O)c4ccc(O)cn4)C[C@@H]3C2)c1F. The van der Waals surface area contributed by atoms with Gasteiger partial charge in [-0.1, -0.05) is 6.07 Å². The van der Waals surface area contributed by atoms with Crippen molar-refractivity contribution in [1.82, 2.24) is 9.88 Å². The molecule has 0 unspecified atom stereocenters. The molecule has 0 amide bonds. The molecule has 0 bridgehead atoms. The molecule has 148 valence electrons. The largest absolute Gasteiger partial charge is 0.506 e. The topological polar surface area (TPSA) is 71.9 Å². The molecule has 2 fully saturated rings. The Balaban J connectivity index is 1.31. The Morgan fingerprint density at radius 1 is 1.21 bits per heavy atom. The zero-order valence-corrected chi connectivity index (χ0v) is 15.7. The highest BCUT2D eigenvalue weighted by molar-refractivity contribution is 5.95. The third-order valence-electron chi connectivity index (χ3n) is 5.63. The van der Waals surface area contributed by atoms with E-state index in [2.05, 4.69) is 9.88 Å². The van der Waals surface area contributed by atoms with Crippen molar-refractivity contribution < 1.29 is 23.8 Å². The van der Waals surface area contributed by atoms with Gasteiger partial charge in [0, 0.05) is 13.1 Å². The number of halogens is 1. The summed E-state index contributed by atoms with van der Waals surface area (Å²) in [4.78, 5) is 18.5. The number of methoxy groups -OCH3 is 1. The molecule has 1 aromatic heterocycles. The van der Waals surface area contributed by atoms with Gasteiger partial charge in [0.15, 0.2) is 17.3 Å². The number of carbonyl (C=O) groups is 1. The maximum absolute atomic E-state index is 14.3. The molecule has 4 rings (SSSR count). The maximum Gasteiger partial charge on any atom is 0.206 e. The number of fused-ring (bicyclic) bond motifs is 1. The van der Waals surface area contributed by atoms with Crippen LogP contribution in [-0.4, -0.2) is 53.6 Å². The van der Waals surface area contributed by atoms with Gasteiger partial charge in [0.1, 0.15) is 11.4 Å². The Morgan fingerprint density at radius 2 is 1.93 bits per heavy atom. The second-order valence-electron chi connectivity index (χ2n) is 7.52. The van der Waals surface area contributed by atoms with Crippen LogP contribution in [0.3, 0.4) is 0 Å². The van der Waals surface area contributed by atoms with Crippen LogP contribution in [0, 0.1) is 17.7 Å². The molecule has 1 saturated carbocycles. The smallest absolute Gasteiger partial charge is 0.206 e. The molecule has 1 N–H and O–H groups in total. The van der Waals surface area contributed by atoms with E-state index in [1.165, 1.54) is 19.4 Å². The Hall–Kier alpha value is -2.67. The van der Waals surface area contributed by atoms with Crippen molar-refractivity contribution >= 4 is 5.78 Å².